The van der Waals surface area contributed by atoms with Gasteiger partial charge in [0.25, 0.3) is 11.8 Å². The third-order valence-electron chi connectivity index (χ3n) is 7.87. The molecule has 42 heavy (non-hydrogen) atoms. The minimum Gasteiger partial charge on any atom is -0.367 e. The van der Waals surface area contributed by atoms with E-state index in [4.69, 9.17) is 0 Å². The zero-order chi connectivity index (χ0) is 30.3. The summed E-state index contributed by atoms with van der Waals surface area (Å²) < 4.78 is 56.2. The normalized spacial score (nSPS) is 19.5. The maximum Gasteiger partial charge on any atom is 0.417 e. The number of carbonyl (C=O) groups excluding carboxylic acids is 2. The highest BCUT2D eigenvalue weighted by molar-refractivity contribution is 6.07. The second kappa shape index (κ2) is 11.2. The average molecular weight is 586 g/mol. The fraction of sp³-hybridized carbons (Fsp3) is 0.367. The van der Waals surface area contributed by atoms with Gasteiger partial charge in [0.05, 0.1) is 22.5 Å². The number of hydrogen-bond donors (Lipinski definition) is 3. The summed E-state index contributed by atoms with van der Waals surface area (Å²) in [5.41, 5.74) is -1.75. The molecule has 2 amide bonds. The van der Waals surface area contributed by atoms with Crippen LogP contribution in [0, 0.1) is 5.82 Å². The van der Waals surface area contributed by atoms with E-state index in [0.29, 0.717) is 30.4 Å². The van der Waals surface area contributed by atoms with Crippen molar-refractivity contribution in [3.8, 4) is 11.1 Å². The summed E-state index contributed by atoms with van der Waals surface area (Å²) in [6, 6.07) is 9.51. The fourth-order valence-electron chi connectivity index (χ4n) is 5.15. The highest BCUT2D eigenvalue weighted by atomic mass is 19.4. The van der Waals surface area contributed by atoms with E-state index in [1.54, 1.807) is 12.1 Å². The first-order valence-electron chi connectivity index (χ1n) is 13.6. The lowest BCUT2D eigenvalue weighted by Crippen LogP contribution is -2.55. The second-order valence-corrected chi connectivity index (χ2v) is 11.0. The van der Waals surface area contributed by atoms with E-state index in [1.165, 1.54) is 24.3 Å². The third-order valence-corrected chi connectivity index (χ3v) is 7.87. The van der Waals surface area contributed by atoms with Crippen molar-refractivity contribution in [1.29, 1.82) is 0 Å². The summed E-state index contributed by atoms with van der Waals surface area (Å²) in [5, 5.41) is 5.44. The number of hydrogen-bond acceptors (Lipinski definition) is 5. The lowest BCUT2D eigenvalue weighted by atomic mass is 9.99. The molecule has 1 aliphatic carbocycles. The van der Waals surface area contributed by atoms with Crippen LogP contribution < -0.4 is 21.1 Å². The van der Waals surface area contributed by atoms with Gasteiger partial charge in [0.1, 0.15) is 5.82 Å². The number of aromatic amines is 1. The molecule has 5 rings (SSSR count). The van der Waals surface area contributed by atoms with Crippen LogP contribution in [0.15, 0.2) is 53.5 Å². The number of amides is 2. The van der Waals surface area contributed by atoms with Gasteiger partial charge in [0, 0.05) is 54.6 Å². The third kappa shape index (κ3) is 6.18. The van der Waals surface area contributed by atoms with Gasteiger partial charge in [-0.3, -0.25) is 19.3 Å². The number of piperazine rings is 1. The monoisotopic (exact) mass is 585 g/mol. The highest BCUT2D eigenvalue weighted by Crippen LogP contribution is 2.36. The minimum absolute atomic E-state index is 0.0978. The van der Waals surface area contributed by atoms with E-state index in [-0.39, 0.29) is 40.8 Å². The topological polar surface area (TPSA) is 97.5 Å². The number of alkyl halides is 3. The molecule has 12 heteroatoms. The Morgan fingerprint density at radius 1 is 0.976 bits per heavy atom. The van der Waals surface area contributed by atoms with Crippen LogP contribution >= 0.6 is 0 Å². The number of likely N-dealkylation sites (N-methyl/N-ethyl adjacent to an activating group) is 1. The van der Waals surface area contributed by atoms with E-state index >= 15 is 4.39 Å². The summed E-state index contributed by atoms with van der Waals surface area (Å²) >= 11 is 0. The first-order chi connectivity index (χ1) is 19.8. The van der Waals surface area contributed by atoms with Gasteiger partial charge < -0.3 is 20.5 Å². The first-order valence-corrected chi connectivity index (χ1v) is 13.6. The standard InChI is InChI=1S/C30H31F4N5O3/c1-16-14-39(15-17(2)38(16)3)26-9-5-18(21-10-19(4-8-24(21)31)28(41)36-20-6-7-20)11-25(26)37-29(42)22-13-35-27(40)12-23(22)30(32,33)34/h4-5,8-13,16-17,20H,6-7,14-15H2,1-3H3,(H,35,40)(H,36,41)(H,37,42)/t16-,17+. The smallest absolute Gasteiger partial charge is 0.367 e. The van der Waals surface area contributed by atoms with Crippen molar-refractivity contribution in [3.63, 3.8) is 0 Å². The quantitative estimate of drug-likeness (QED) is 0.359. The van der Waals surface area contributed by atoms with Crippen LogP contribution in [0.3, 0.4) is 0 Å². The Bertz CT molecular complexity index is 1570. The SMILES string of the molecule is C[C@@H]1CN(c2ccc(-c3cc(C(=O)NC4CC4)ccc3F)cc2NC(=O)c2c[nH]c(=O)cc2C(F)(F)F)C[C@H](C)N1C. The van der Waals surface area contributed by atoms with Crippen molar-refractivity contribution in [2.45, 2.75) is 51.0 Å². The van der Waals surface area contributed by atoms with Crippen molar-refractivity contribution in [2.75, 3.05) is 30.4 Å². The Hall–Kier alpha value is -4.19. The lowest BCUT2D eigenvalue weighted by Gasteiger charge is -2.44. The Balaban J connectivity index is 1.56. The molecule has 2 aliphatic rings. The second-order valence-electron chi connectivity index (χ2n) is 11.0. The van der Waals surface area contributed by atoms with Crippen LogP contribution in [0.25, 0.3) is 11.1 Å². The molecule has 1 aromatic heterocycles. The van der Waals surface area contributed by atoms with Gasteiger partial charge in [-0.05, 0) is 69.6 Å². The van der Waals surface area contributed by atoms with E-state index in [1.807, 2.05) is 25.8 Å². The van der Waals surface area contributed by atoms with Crippen LogP contribution in [-0.4, -0.2) is 60.0 Å². The number of pyridine rings is 1. The van der Waals surface area contributed by atoms with Gasteiger partial charge in [-0.1, -0.05) is 6.07 Å². The van der Waals surface area contributed by atoms with Gasteiger partial charge >= 0.3 is 6.18 Å². The van der Waals surface area contributed by atoms with E-state index in [0.717, 1.165) is 19.0 Å². The Labute approximate surface area is 239 Å². The fourth-order valence-corrected chi connectivity index (χ4v) is 5.15. The maximum absolute atomic E-state index is 15.1. The number of benzene rings is 2. The van der Waals surface area contributed by atoms with E-state index in [2.05, 4.69) is 20.5 Å². The van der Waals surface area contributed by atoms with Gasteiger partial charge in [-0.25, -0.2) is 4.39 Å². The molecule has 8 nitrogen and oxygen atoms in total. The Morgan fingerprint density at radius 2 is 1.67 bits per heavy atom. The summed E-state index contributed by atoms with van der Waals surface area (Å²) in [6.45, 7) is 5.22. The van der Waals surface area contributed by atoms with Crippen molar-refractivity contribution in [1.82, 2.24) is 15.2 Å². The maximum atomic E-state index is 15.1. The molecule has 0 bridgehead atoms. The number of H-pyrrole nitrogens is 1. The number of rotatable bonds is 6. The number of anilines is 2. The number of aromatic nitrogens is 1. The summed E-state index contributed by atoms with van der Waals surface area (Å²) in [5.74, 6) is -2.03. The van der Waals surface area contributed by atoms with Gasteiger partial charge in [-0.15, -0.1) is 0 Å². The summed E-state index contributed by atoms with van der Waals surface area (Å²) in [6.07, 6.45) is -2.44. The zero-order valence-corrected chi connectivity index (χ0v) is 23.3. The molecular weight excluding hydrogens is 554 g/mol. The molecule has 0 spiro atoms. The molecule has 3 N–H and O–H groups in total. The van der Waals surface area contributed by atoms with Crippen LogP contribution in [0.1, 0.15) is 53.0 Å². The van der Waals surface area contributed by atoms with Crippen LogP contribution in [0.2, 0.25) is 0 Å². The predicted molar refractivity (Wildman–Crippen MR) is 151 cm³/mol. The summed E-state index contributed by atoms with van der Waals surface area (Å²) in [7, 11) is 2.00. The Kier molecular flexibility index (Phi) is 7.84. The van der Waals surface area contributed by atoms with Crippen LogP contribution in [0.4, 0.5) is 28.9 Å². The van der Waals surface area contributed by atoms with E-state index in [9.17, 15) is 27.6 Å². The van der Waals surface area contributed by atoms with Crippen molar-refractivity contribution < 1.29 is 27.2 Å². The van der Waals surface area contributed by atoms with Crippen molar-refractivity contribution in [2.24, 2.45) is 0 Å². The molecule has 2 atom stereocenters. The molecule has 0 radical (unpaired) electrons. The average Bonchev–Trinajstić information content (AvgIpc) is 3.75. The number of nitrogens with zero attached hydrogens (tertiary/aromatic N) is 2. The molecular formula is C30H31F4N5O3. The first kappa shape index (κ1) is 29.3. The Morgan fingerprint density at radius 3 is 2.31 bits per heavy atom. The number of nitrogens with one attached hydrogen (secondary N) is 3. The molecule has 1 aliphatic heterocycles. The molecule has 2 aromatic carbocycles. The summed E-state index contributed by atoms with van der Waals surface area (Å²) in [4.78, 5) is 43.9. The number of carbonyl (C=O) groups is 2. The molecule has 1 saturated carbocycles. The number of halogens is 4. The lowest BCUT2D eigenvalue weighted by molar-refractivity contribution is -0.138. The van der Waals surface area contributed by atoms with Crippen molar-refractivity contribution in [3.05, 3.63) is 81.5 Å². The zero-order valence-electron chi connectivity index (χ0n) is 23.3. The largest absolute Gasteiger partial charge is 0.417 e. The molecule has 3 aromatic rings. The van der Waals surface area contributed by atoms with Gasteiger partial charge in [-0.2, -0.15) is 13.2 Å². The molecule has 1 saturated heterocycles. The predicted octanol–water partition coefficient (Wildman–Crippen LogP) is 4.87. The van der Waals surface area contributed by atoms with Gasteiger partial charge in [0.2, 0.25) is 5.56 Å². The van der Waals surface area contributed by atoms with Crippen LogP contribution in [-0.2, 0) is 6.18 Å². The van der Waals surface area contributed by atoms with E-state index < -0.39 is 34.6 Å². The molecule has 2 fully saturated rings. The van der Waals surface area contributed by atoms with Crippen LogP contribution in [0.5, 0.6) is 0 Å². The van der Waals surface area contributed by atoms with Gasteiger partial charge in [0.15, 0.2) is 0 Å². The molecule has 222 valence electrons. The van der Waals surface area contributed by atoms with Crippen molar-refractivity contribution >= 4 is 23.2 Å². The molecule has 2 heterocycles. The minimum atomic E-state index is -4.95. The highest BCUT2D eigenvalue weighted by Gasteiger charge is 2.36. The molecule has 0 unspecified atom stereocenters.